The van der Waals surface area contributed by atoms with Crippen LogP contribution in [0.25, 0.3) is 0 Å². The summed E-state index contributed by atoms with van der Waals surface area (Å²) in [5.41, 5.74) is 0.878. The van der Waals surface area contributed by atoms with E-state index in [1.54, 1.807) is 19.2 Å². The number of ether oxygens (including phenoxy) is 1. The number of benzene rings is 1. The van der Waals surface area contributed by atoms with Crippen LogP contribution in [0.3, 0.4) is 0 Å². The molecule has 0 aliphatic heterocycles. The molecule has 96 valence electrons. The van der Waals surface area contributed by atoms with Crippen molar-refractivity contribution in [2.24, 2.45) is 5.92 Å². The van der Waals surface area contributed by atoms with Gasteiger partial charge in [-0.1, -0.05) is 20.8 Å². The van der Waals surface area contributed by atoms with E-state index in [1.165, 1.54) is 0 Å². The van der Waals surface area contributed by atoms with Crippen LogP contribution in [0.5, 0.6) is 11.5 Å². The van der Waals surface area contributed by atoms with E-state index in [1.807, 2.05) is 6.07 Å². The standard InChI is InChI=1S/C14H23NO2/c1-5-13(10(2)3)15-9-11-8-12(17-4)6-7-14(11)16/h6-8,10,13,15-16H,5,9H2,1-4H3. The quantitative estimate of drug-likeness (QED) is 0.799. The largest absolute Gasteiger partial charge is 0.508 e. The lowest BCUT2D eigenvalue weighted by Crippen LogP contribution is -2.32. The van der Waals surface area contributed by atoms with Crippen molar-refractivity contribution in [2.75, 3.05) is 7.11 Å². The molecular formula is C14H23NO2. The fourth-order valence-electron chi connectivity index (χ4n) is 1.92. The van der Waals surface area contributed by atoms with Gasteiger partial charge in [0, 0.05) is 18.2 Å². The molecule has 0 radical (unpaired) electrons. The molecule has 0 saturated heterocycles. The summed E-state index contributed by atoms with van der Waals surface area (Å²) >= 11 is 0. The number of hydrogen-bond donors (Lipinski definition) is 2. The number of aromatic hydroxyl groups is 1. The zero-order valence-electron chi connectivity index (χ0n) is 11.2. The Morgan fingerprint density at radius 1 is 1.35 bits per heavy atom. The number of phenolic OH excluding ortho intramolecular Hbond substituents is 1. The first-order valence-electron chi connectivity index (χ1n) is 6.17. The minimum Gasteiger partial charge on any atom is -0.508 e. The summed E-state index contributed by atoms with van der Waals surface area (Å²) in [5.74, 6) is 1.68. The highest BCUT2D eigenvalue weighted by Crippen LogP contribution is 2.23. The Labute approximate surface area is 104 Å². The van der Waals surface area contributed by atoms with Crippen molar-refractivity contribution in [3.63, 3.8) is 0 Å². The molecule has 1 rings (SSSR count). The molecule has 0 aliphatic rings. The Hall–Kier alpha value is -1.22. The van der Waals surface area contributed by atoms with Crippen molar-refractivity contribution in [3.8, 4) is 11.5 Å². The van der Waals surface area contributed by atoms with Crippen LogP contribution in [0.1, 0.15) is 32.8 Å². The first-order chi connectivity index (χ1) is 8.08. The summed E-state index contributed by atoms with van der Waals surface area (Å²) in [6, 6.07) is 5.78. The van der Waals surface area contributed by atoms with Crippen molar-refractivity contribution in [1.29, 1.82) is 0 Å². The summed E-state index contributed by atoms with van der Waals surface area (Å²) in [5, 5.41) is 13.2. The number of rotatable bonds is 6. The van der Waals surface area contributed by atoms with Gasteiger partial charge in [0.05, 0.1) is 7.11 Å². The molecule has 0 aliphatic carbocycles. The van der Waals surface area contributed by atoms with E-state index in [4.69, 9.17) is 4.74 Å². The van der Waals surface area contributed by atoms with Crippen LogP contribution < -0.4 is 10.1 Å². The maximum Gasteiger partial charge on any atom is 0.120 e. The molecule has 1 unspecified atom stereocenters. The third-order valence-electron chi connectivity index (χ3n) is 3.09. The van der Waals surface area contributed by atoms with E-state index in [0.29, 0.717) is 24.3 Å². The molecule has 0 amide bonds. The molecule has 3 nitrogen and oxygen atoms in total. The van der Waals surface area contributed by atoms with Gasteiger partial charge in [-0.3, -0.25) is 0 Å². The van der Waals surface area contributed by atoms with Crippen LogP contribution >= 0.6 is 0 Å². The molecule has 0 heterocycles. The lowest BCUT2D eigenvalue weighted by atomic mass is 10.0. The van der Waals surface area contributed by atoms with Crippen LogP contribution in [0, 0.1) is 5.92 Å². The molecule has 0 aromatic heterocycles. The fraction of sp³-hybridized carbons (Fsp3) is 0.571. The Kier molecular flexibility index (Phi) is 5.29. The molecule has 2 N–H and O–H groups in total. The number of hydrogen-bond acceptors (Lipinski definition) is 3. The van der Waals surface area contributed by atoms with E-state index in [9.17, 15) is 5.11 Å². The van der Waals surface area contributed by atoms with Crippen LogP contribution in [0.2, 0.25) is 0 Å². The molecule has 0 spiro atoms. The molecule has 0 fully saturated rings. The summed E-state index contributed by atoms with van der Waals surface area (Å²) < 4.78 is 5.15. The molecule has 3 heteroatoms. The highest BCUT2D eigenvalue weighted by atomic mass is 16.5. The number of methoxy groups -OCH3 is 1. The van der Waals surface area contributed by atoms with E-state index >= 15 is 0 Å². The molecule has 0 saturated carbocycles. The second-order valence-electron chi connectivity index (χ2n) is 4.63. The molecule has 1 aromatic carbocycles. The Balaban J connectivity index is 2.67. The van der Waals surface area contributed by atoms with E-state index in [0.717, 1.165) is 17.7 Å². The van der Waals surface area contributed by atoms with Gasteiger partial charge in [-0.05, 0) is 30.5 Å². The Bertz CT molecular complexity index is 350. The van der Waals surface area contributed by atoms with Crippen LogP contribution in [0.15, 0.2) is 18.2 Å². The molecule has 1 atom stereocenters. The second kappa shape index (κ2) is 6.50. The van der Waals surface area contributed by atoms with Crippen molar-refractivity contribution in [2.45, 2.75) is 39.8 Å². The predicted molar refractivity (Wildman–Crippen MR) is 70.4 cm³/mol. The van der Waals surface area contributed by atoms with Gasteiger partial charge in [0.1, 0.15) is 11.5 Å². The van der Waals surface area contributed by atoms with Crippen LogP contribution in [-0.2, 0) is 6.54 Å². The topological polar surface area (TPSA) is 41.5 Å². The number of phenols is 1. The van der Waals surface area contributed by atoms with Crippen molar-refractivity contribution in [1.82, 2.24) is 5.32 Å². The highest BCUT2D eigenvalue weighted by molar-refractivity contribution is 5.39. The van der Waals surface area contributed by atoms with Gasteiger partial charge < -0.3 is 15.2 Å². The van der Waals surface area contributed by atoms with Gasteiger partial charge in [0.25, 0.3) is 0 Å². The summed E-state index contributed by atoms with van der Waals surface area (Å²) in [6.45, 7) is 7.24. The van der Waals surface area contributed by atoms with Gasteiger partial charge in [0.2, 0.25) is 0 Å². The van der Waals surface area contributed by atoms with E-state index < -0.39 is 0 Å². The smallest absolute Gasteiger partial charge is 0.120 e. The summed E-state index contributed by atoms with van der Waals surface area (Å²) in [4.78, 5) is 0. The zero-order valence-corrected chi connectivity index (χ0v) is 11.2. The molecule has 1 aromatic rings. The summed E-state index contributed by atoms with van der Waals surface area (Å²) in [6.07, 6.45) is 1.09. The zero-order chi connectivity index (χ0) is 12.8. The first kappa shape index (κ1) is 13.8. The molecule has 17 heavy (non-hydrogen) atoms. The second-order valence-corrected chi connectivity index (χ2v) is 4.63. The first-order valence-corrected chi connectivity index (χ1v) is 6.17. The average molecular weight is 237 g/mol. The van der Waals surface area contributed by atoms with Gasteiger partial charge >= 0.3 is 0 Å². The van der Waals surface area contributed by atoms with Gasteiger partial charge in [-0.2, -0.15) is 0 Å². The van der Waals surface area contributed by atoms with Crippen LogP contribution in [-0.4, -0.2) is 18.3 Å². The van der Waals surface area contributed by atoms with E-state index in [-0.39, 0.29) is 0 Å². The minimum absolute atomic E-state index is 0.317. The van der Waals surface area contributed by atoms with E-state index in [2.05, 4.69) is 26.1 Å². The number of nitrogens with one attached hydrogen (secondary N) is 1. The third kappa shape index (κ3) is 3.93. The van der Waals surface area contributed by atoms with Gasteiger partial charge in [-0.15, -0.1) is 0 Å². The predicted octanol–water partition coefficient (Wildman–Crippen LogP) is 2.93. The van der Waals surface area contributed by atoms with Gasteiger partial charge in [-0.25, -0.2) is 0 Å². The lowest BCUT2D eigenvalue weighted by molar-refractivity contribution is 0.379. The normalized spacial score (nSPS) is 12.8. The van der Waals surface area contributed by atoms with Crippen molar-refractivity contribution in [3.05, 3.63) is 23.8 Å². The van der Waals surface area contributed by atoms with Crippen molar-refractivity contribution >= 4 is 0 Å². The van der Waals surface area contributed by atoms with Gasteiger partial charge in [0.15, 0.2) is 0 Å². The van der Waals surface area contributed by atoms with Crippen molar-refractivity contribution < 1.29 is 9.84 Å². The minimum atomic E-state index is 0.317. The molecule has 0 bridgehead atoms. The SMILES string of the molecule is CCC(NCc1cc(OC)ccc1O)C(C)C. The Morgan fingerprint density at radius 3 is 2.59 bits per heavy atom. The Morgan fingerprint density at radius 2 is 2.06 bits per heavy atom. The average Bonchev–Trinajstić information content (AvgIpc) is 2.31. The fourth-order valence-corrected chi connectivity index (χ4v) is 1.92. The van der Waals surface area contributed by atoms with Crippen LogP contribution in [0.4, 0.5) is 0 Å². The highest BCUT2D eigenvalue weighted by Gasteiger charge is 2.11. The third-order valence-corrected chi connectivity index (χ3v) is 3.09. The maximum absolute atomic E-state index is 9.76. The monoisotopic (exact) mass is 237 g/mol. The lowest BCUT2D eigenvalue weighted by Gasteiger charge is -2.21. The summed E-state index contributed by atoms with van der Waals surface area (Å²) in [7, 11) is 1.63. The maximum atomic E-state index is 9.76. The molecular weight excluding hydrogens is 214 g/mol.